The van der Waals surface area contributed by atoms with Crippen LogP contribution in [0.2, 0.25) is 0 Å². The Morgan fingerprint density at radius 2 is 1.72 bits per heavy atom. The first-order valence-electron chi connectivity index (χ1n) is 10.4. The van der Waals surface area contributed by atoms with Crippen LogP contribution >= 0.6 is 0 Å². The van der Waals surface area contributed by atoms with Gasteiger partial charge in [-0.2, -0.15) is 0 Å². The lowest BCUT2D eigenvalue weighted by atomic mass is 9.98. The molecule has 0 aliphatic carbocycles. The number of unbranched alkanes of at least 4 members (excludes halogenated alkanes) is 4. The first-order chi connectivity index (χ1) is 11.9. The average molecular weight is 355 g/mol. The Morgan fingerprint density at radius 1 is 1.08 bits per heavy atom. The number of hydrogen-bond acceptors (Lipinski definition) is 4. The Labute approximate surface area is 154 Å². The topological polar surface area (TPSA) is 51.4 Å². The zero-order valence-corrected chi connectivity index (χ0v) is 16.7. The first kappa shape index (κ1) is 20.7. The van der Waals surface area contributed by atoms with Gasteiger partial charge in [-0.25, -0.2) is 0 Å². The molecule has 0 aromatic rings. The molecule has 2 heterocycles. The van der Waals surface area contributed by atoms with Crippen molar-refractivity contribution in [3.8, 4) is 0 Å². The maximum Gasteiger partial charge on any atom is 0.305 e. The third-order valence-electron chi connectivity index (χ3n) is 5.67. The van der Waals surface area contributed by atoms with Gasteiger partial charge in [0.05, 0.1) is 30.5 Å². The van der Waals surface area contributed by atoms with Gasteiger partial charge < -0.3 is 14.2 Å². The highest BCUT2D eigenvalue weighted by atomic mass is 16.6. The summed E-state index contributed by atoms with van der Waals surface area (Å²) in [5.74, 6) is 0.560. The summed E-state index contributed by atoms with van der Waals surface area (Å²) < 4.78 is 16.4. The van der Waals surface area contributed by atoms with Crippen LogP contribution in [-0.2, 0) is 19.0 Å². The van der Waals surface area contributed by atoms with E-state index in [1.165, 1.54) is 25.7 Å². The number of ether oxygens (including phenoxy) is 3. The van der Waals surface area contributed by atoms with Crippen molar-refractivity contribution in [2.24, 2.45) is 5.92 Å². The molecule has 4 nitrogen and oxygen atoms in total. The monoisotopic (exact) mass is 354 g/mol. The molecule has 2 saturated heterocycles. The van der Waals surface area contributed by atoms with Gasteiger partial charge in [-0.1, -0.05) is 32.6 Å². The molecule has 2 aliphatic rings. The SMILES string of the molecule is CC(CCOC(=O)CCCCCCCC1OC1C)CCC1OC1(C)C. The highest BCUT2D eigenvalue weighted by Gasteiger charge is 2.46. The van der Waals surface area contributed by atoms with Crippen LogP contribution in [0.5, 0.6) is 0 Å². The minimum absolute atomic E-state index is 0.0286. The number of carbonyl (C=O) groups is 1. The molecular weight excluding hydrogens is 316 g/mol. The van der Waals surface area contributed by atoms with E-state index in [4.69, 9.17) is 14.2 Å². The molecule has 4 unspecified atom stereocenters. The third kappa shape index (κ3) is 8.54. The van der Waals surface area contributed by atoms with Gasteiger partial charge in [-0.05, 0) is 58.8 Å². The molecule has 0 amide bonds. The van der Waals surface area contributed by atoms with Crippen molar-refractivity contribution in [2.75, 3.05) is 6.61 Å². The van der Waals surface area contributed by atoms with Crippen LogP contribution in [-0.4, -0.2) is 36.5 Å². The van der Waals surface area contributed by atoms with Crippen molar-refractivity contribution in [2.45, 2.75) is 116 Å². The summed E-state index contributed by atoms with van der Waals surface area (Å²) in [6, 6.07) is 0. The Hall–Kier alpha value is -0.610. The highest BCUT2D eigenvalue weighted by Crippen LogP contribution is 2.39. The molecule has 4 atom stereocenters. The fraction of sp³-hybridized carbons (Fsp3) is 0.952. The number of hydrogen-bond donors (Lipinski definition) is 0. The number of esters is 1. The predicted octanol–water partition coefficient (Wildman–Crippen LogP) is 5.03. The van der Waals surface area contributed by atoms with Gasteiger partial charge in [0.2, 0.25) is 0 Å². The van der Waals surface area contributed by atoms with E-state index < -0.39 is 0 Å². The summed E-state index contributed by atoms with van der Waals surface area (Å²) in [6.45, 7) is 9.22. The molecule has 0 aromatic heterocycles. The van der Waals surface area contributed by atoms with E-state index in [1.54, 1.807) is 0 Å². The third-order valence-corrected chi connectivity index (χ3v) is 5.67. The van der Waals surface area contributed by atoms with Gasteiger partial charge in [0.25, 0.3) is 0 Å². The molecule has 4 heteroatoms. The van der Waals surface area contributed by atoms with Crippen LogP contribution in [0, 0.1) is 5.92 Å². The molecular formula is C21H38O4. The normalized spacial score (nSPS) is 27.8. The quantitative estimate of drug-likeness (QED) is 0.249. The minimum Gasteiger partial charge on any atom is -0.466 e. The Kier molecular flexibility index (Phi) is 8.21. The Balaban J connectivity index is 1.33. The summed E-state index contributed by atoms with van der Waals surface area (Å²) in [4.78, 5) is 11.7. The van der Waals surface area contributed by atoms with Crippen LogP contribution < -0.4 is 0 Å². The van der Waals surface area contributed by atoms with Crippen LogP contribution in [0.3, 0.4) is 0 Å². The largest absolute Gasteiger partial charge is 0.466 e. The standard InChI is InChI=1S/C21H38O4/c1-16(12-13-19-21(3,4)25-19)14-15-23-20(22)11-9-7-5-6-8-10-18-17(2)24-18/h16-19H,5-15H2,1-4H3. The zero-order chi connectivity index (χ0) is 18.3. The molecule has 0 bridgehead atoms. The van der Waals surface area contributed by atoms with Crippen molar-refractivity contribution in [1.29, 1.82) is 0 Å². The van der Waals surface area contributed by atoms with Crippen LogP contribution in [0.25, 0.3) is 0 Å². The van der Waals surface area contributed by atoms with E-state index in [0.29, 0.717) is 37.3 Å². The van der Waals surface area contributed by atoms with Crippen molar-refractivity contribution < 1.29 is 19.0 Å². The van der Waals surface area contributed by atoms with Crippen molar-refractivity contribution in [1.82, 2.24) is 0 Å². The number of epoxide rings is 2. The molecule has 146 valence electrons. The van der Waals surface area contributed by atoms with Crippen LogP contribution in [0.15, 0.2) is 0 Å². The second-order valence-corrected chi connectivity index (χ2v) is 8.59. The highest BCUT2D eigenvalue weighted by molar-refractivity contribution is 5.69. The van der Waals surface area contributed by atoms with Crippen molar-refractivity contribution >= 4 is 5.97 Å². The number of carbonyl (C=O) groups excluding carboxylic acids is 1. The van der Waals surface area contributed by atoms with E-state index in [0.717, 1.165) is 32.1 Å². The van der Waals surface area contributed by atoms with Gasteiger partial charge in [0, 0.05) is 6.42 Å². The fourth-order valence-electron chi connectivity index (χ4n) is 3.44. The Bertz CT molecular complexity index is 407. The zero-order valence-electron chi connectivity index (χ0n) is 16.7. The van der Waals surface area contributed by atoms with Crippen LogP contribution in [0.4, 0.5) is 0 Å². The lowest BCUT2D eigenvalue weighted by Gasteiger charge is -2.11. The van der Waals surface area contributed by atoms with E-state index in [-0.39, 0.29) is 11.6 Å². The lowest BCUT2D eigenvalue weighted by Crippen LogP contribution is -2.10. The number of rotatable bonds is 14. The molecule has 0 N–H and O–H groups in total. The van der Waals surface area contributed by atoms with Crippen LogP contribution in [0.1, 0.15) is 91.9 Å². The maximum absolute atomic E-state index is 11.7. The van der Waals surface area contributed by atoms with Crippen molar-refractivity contribution in [3.63, 3.8) is 0 Å². The second-order valence-electron chi connectivity index (χ2n) is 8.59. The molecule has 2 fully saturated rings. The average Bonchev–Trinajstić information content (AvgIpc) is 3.41. The smallest absolute Gasteiger partial charge is 0.305 e. The molecule has 0 saturated carbocycles. The predicted molar refractivity (Wildman–Crippen MR) is 99.6 cm³/mol. The molecule has 2 rings (SSSR count). The second kappa shape index (κ2) is 9.91. The fourth-order valence-corrected chi connectivity index (χ4v) is 3.44. The first-order valence-corrected chi connectivity index (χ1v) is 10.4. The van der Waals surface area contributed by atoms with E-state index in [1.807, 2.05) is 0 Å². The summed E-state index contributed by atoms with van der Waals surface area (Å²) in [5.41, 5.74) is 0.0935. The molecule has 0 aromatic carbocycles. The molecule has 2 aliphatic heterocycles. The van der Waals surface area contributed by atoms with Gasteiger partial charge >= 0.3 is 5.97 Å². The summed E-state index contributed by atoms with van der Waals surface area (Å²) in [6.07, 6.45) is 12.2. The summed E-state index contributed by atoms with van der Waals surface area (Å²) in [5, 5.41) is 0. The van der Waals surface area contributed by atoms with Crippen molar-refractivity contribution in [3.05, 3.63) is 0 Å². The molecule has 25 heavy (non-hydrogen) atoms. The lowest BCUT2D eigenvalue weighted by molar-refractivity contribution is -0.144. The van der Waals surface area contributed by atoms with E-state index in [2.05, 4.69) is 27.7 Å². The maximum atomic E-state index is 11.7. The van der Waals surface area contributed by atoms with E-state index in [9.17, 15) is 4.79 Å². The summed E-state index contributed by atoms with van der Waals surface area (Å²) in [7, 11) is 0. The Morgan fingerprint density at radius 3 is 2.36 bits per heavy atom. The van der Waals surface area contributed by atoms with Gasteiger partial charge in [0.1, 0.15) is 0 Å². The minimum atomic E-state index is -0.0286. The summed E-state index contributed by atoms with van der Waals surface area (Å²) >= 11 is 0. The van der Waals surface area contributed by atoms with E-state index >= 15 is 0 Å². The molecule has 0 radical (unpaired) electrons. The van der Waals surface area contributed by atoms with Gasteiger partial charge in [-0.15, -0.1) is 0 Å². The molecule has 0 spiro atoms. The van der Waals surface area contributed by atoms with Gasteiger partial charge in [0.15, 0.2) is 0 Å². The van der Waals surface area contributed by atoms with Gasteiger partial charge in [-0.3, -0.25) is 4.79 Å².